The fraction of sp³-hybridized carbons (Fsp3) is 0.545. The molecule has 1 saturated heterocycles. The van der Waals surface area contributed by atoms with E-state index in [9.17, 15) is 4.79 Å². The molecule has 0 unspecified atom stereocenters. The van der Waals surface area contributed by atoms with Crippen LogP contribution in [0.25, 0.3) is 0 Å². The standard InChI is InChI=1S/C11H16N2O3/c1-12-6-10-3-2-9(16-10)4-8-5-13-11(14)15-7-8/h2-3,8,12H,4-7H2,1H3,(H,13,14)/t8-/m1/s1. The van der Waals surface area contributed by atoms with Crippen LogP contribution in [0.4, 0.5) is 4.79 Å². The van der Waals surface area contributed by atoms with Gasteiger partial charge in [0.25, 0.3) is 0 Å². The number of alkyl carbamates (subject to hydrolysis) is 1. The van der Waals surface area contributed by atoms with E-state index in [1.807, 2.05) is 19.2 Å². The number of carbonyl (C=O) groups excluding carboxylic acids is 1. The predicted molar refractivity (Wildman–Crippen MR) is 58.0 cm³/mol. The molecule has 88 valence electrons. The van der Waals surface area contributed by atoms with Crippen LogP contribution in [0.5, 0.6) is 0 Å². The molecule has 1 amide bonds. The number of hydrogen-bond donors (Lipinski definition) is 2. The molecule has 0 bridgehead atoms. The van der Waals surface area contributed by atoms with E-state index in [1.54, 1.807) is 0 Å². The Morgan fingerprint density at radius 1 is 1.50 bits per heavy atom. The van der Waals surface area contributed by atoms with Crippen molar-refractivity contribution >= 4 is 6.09 Å². The Labute approximate surface area is 94.1 Å². The Morgan fingerprint density at radius 2 is 2.31 bits per heavy atom. The molecule has 0 radical (unpaired) electrons. The monoisotopic (exact) mass is 224 g/mol. The number of cyclic esters (lactones) is 1. The molecular weight excluding hydrogens is 208 g/mol. The Kier molecular flexibility index (Phi) is 3.46. The van der Waals surface area contributed by atoms with Crippen LogP contribution in [0.3, 0.4) is 0 Å². The summed E-state index contributed by atoms with van der Waals surface area (Å²) in [5, 5.41) is 5.70. The van der Waals surface area contributed by atoms with Crippen LogP contribution in [-0.2, 0) is 17.7 Å². The summed E-state index contributed by atoms with van der Waals surface area (Å²) in [6, 6.07) is 3.94. The van der Waals surface area contributed by atoms with Gasteiger partial charge in [0.15, 0.2) is 0 Å². The van der Waals surface area contributed by atoms with Crippen molar-refractivity contribution in [2.45, 2.75) is 13.0 Å². The van der Waals surface area contributed by atoms with Crippen molar-refractivity contribution in [1.29, 1.82) is 0 Å². The topological polar surface area (TPSA) is 63.5 Å². The second kappa shape index (κ2) is 5.03. The van der Waals surface area contributed by atoms with Gasteiger partial charge >= 0.3 is 6.09 Å². The Bertz CT molecular complexity index is 352. The molecule has 1 aromatic heterocycles. The number of hydrogen-bond acceptors (Lipinski definition) is 4. The Balaban J connectivity index is 1.86. The van der Waals surface area contributed by atoms with Gasteiger partial charge in [0.2, 0.25) is 0 Å². The van der Waals surface area contributed by atoms with Crippen molar-refractivity contribution in [3.63, 3.8) is 0 Å². The van der Waals surface area contributed by atoms with E-state index < -0.39 is 0 Å². The summed E-state index contributed by atoms with van der Waals surface area (Å²) in [7, 11) is 1.88. The minimum absolute atomic E-state index is 0.297. The molecule has 2 N–H and O–H groups in total. The van der Waals surface area contributed by atoms with E-state index >= 15 is 0 Å². The molecule has 1 aliphatic rings. The molecule has 0 aliphatic carbocycles. The smallest absolute Gasteiger partial charge is 0.407 e. The number of ether oxygens (including phenoxy) is 1. The molecule has 1 atom stereocenters. The van der Waals surface area contributed by atoms with E-state index in [4.69, 9.17) is 9.15 Å². The number of nitrogens with one attached hydrogen (secondary N) is 2. The lowest BCUT2D eigenvalue weighted by Crippen LogP contribution is -2.39. The lowest BCUT2D eigenvalue weighted by Gasteiger charge is -2.21. The van der Waals surface area contributed by atoms with Crippen molar-refractivity contribution in [3.05, 3.63) is 23.7 Å². The van der Waals surface area contributed by atoms with Gasteiger partial charge in [-0.1, -0.05) is 0 Å². The molecule has 2 rings (SSSR count). The van der Waals surface area contributed by atoms with Gasteiger partial charge < -0.3 is 19.8 Å². The van der Waals surface area contributed by atoms with Crippen LogP contribution >= 0.6 is 0 Å². The average Bonchev–Trinajstić information content (AvgIpc) is 2.70. The summed E-state index contributed by atoms with van der Waals surface area (Å²) in [5.41, 5.74) is 0. The average molecular weight is 224 g/mol. The summed E-state index contributed by atoms with van der Waals surface area (Å²) in [4.78, 5) is 10.8. The van der Waals surface area contributed by atoms with Gasteiger partial charge in [0.05, 0.1) is 13.2 Å². The fourth-order valence-electron chi connectivity index (χ4n) is 1.75. The highest BCUT2D eigenvalue weighted by atomic mass is 16.6. The summed E-state index contributed by atoms with van der Waals surface area (Å²) < 4.78 is 10.5. The molecule has 1 aromatic rings. The largest absolute Gasteiger partial charge is 0.465 e. The fourth-order valence-corrected chi connectivity index (χ4v) is 1.75. The normalized spacial score (nSPS) is 20.3. The van der Waals surface area contributed by atoms with Crippen molar-refractivity contribution in [1.82, 2.24) is 10.6 Å². The minimum Gasteiger partial charge on any atom is -0.465 e. The molecule has 0 spiro atoms. The first-order valence-corrected chi connectivity index (χ1v) is 5.40. The van der Waals surface area contributed by atoms with Crippen LogP contribution in [-0.4, -0.2) is 26.3 Å². The van der Waals surface area contributed by atoms with Gasteiger partial charge in [-0.05, 0) is 19.2 Å². The lowest BCUT2D eigenvalue weighted by molar-refractivity contribution is 0.101. The zero-order valence-electron chi connectivity index (χ0n) is 9.29. The summed E-state index contributed by atoms with van der Waals surface area (Å²) in [6.07, 6.45) is 0.468. The highest BCUT2D eigenvalue weighted by Crippen LogP contribution is 2.14. The molecule has 0 saturated carbocycles. The number of carbonyl (C=O) groups is 1. The maximum absolute atomic E-state index is 10.8. The lowest BCUT2D eigenvalue weighted by atomic mass is 10.0. The quantitative estimate of drug-likeness (QED) is 0.797. The molecule has 1 aliphatic heterocycles. The van der Waals surface area contributed by atoms with Crippen LogP contribution in [0.15, 0.2) is 16.5 Å². The first-order chi connectivity index (χ1) is 7.78. The maximum Gasteiger partial charge on any atom is 0.407 e. The van der Waals surface area contributed by atoms with Gasteiger partial charge in [-0.2, -0.15) is 0 Å². The molecule has 2 heterocycles. The van der Waals surface area contributed by atoms with Crippen LogP contribution in [0, 0.1) is 5.92 Å². The third kappa shape index (κ3) is 2.76. The first kappa shape index (κ1) is 11.0. The first-order valence-electron chi connectivity index (χ1n) is 5.40. The highest BCUT2D eigenvalue weighted by molar-refractivity contribution is 5.67. The van der Waals surface area contributed by atoms with Crippen molar-refractivity contribution in [3.8, 4) is 0 Å². The summed E-state index contributed by atoms with van der Waals surface area (Å²) in [5.74, 6) is 2.17. The van der Waals surface area contributed by atoms with E-state index in [2.05, 4.69) is 10.6 Å². The third-order valence-electron chi connectivity index (χ3n) is 2.54. The summed E-state index contributed by atoms with van der Waals surface area (Å²) in [6.45, 7) is 1.85. The summed E-state index contributed by atoms with van der Waals surface area (Å²) >= 11 is 0. The zero-order chi connectivity index (χ0) is 11.4. The molecular formula is C11H16N2O3. The van der Waals surface area contributed by atoms with Crippen molar-refractivity contribution in [2.24, 2.45) is 5.92 Å². The van der Waals surface area contributed by atoms with Gasteiger partial charge in [0, 0.05) is 18.9 Å². The zero-order valence-corrected chi connectivity index (χ0v) is 9.29. The minimum atomic E-state index is -0.327. The van der Waals surface area contributed by atoms with Gasteiger partial charge in [-0.25, -0.2) is 4.79 Å². The molecule has 16 heavy (non-hydrogen) atoms. The van der Waals surface area contributed by atoms with Gasteiger partial charge in [-0.3, -0.25) is 0 Å². The van der Waals surface area contributed by atoms with Crippen LogP contribution in [0.2, 0.25) is 0 Å². The van der Waals surface area contributed by atoms with Crippen LogP contribution < -0.4 is 10.6 Å². The maximum atomic E-state index is 10.8. The molecule has 5 nitrogen and oxygen atoms in total. The van der Waals surface area contributed by atoms with E-state index in [0.717, 1.165) is 24.5 Å². The van der Waals surface area contributed by atoms with E-state index in [-0.39, 0.29) is 6.09 Å². The second-order valence-corrected chi connectivity index (χ2v) is 3.95. The molecule has 0 aromatic carbocycles. The van der Waals surface area contributed by atoms with Gasteiger partial charge in [-0.15, -0.1) is 0 Å². The Morgan fingerprint density at radius 3 is 3.00 bits per heavy atom. The van der Waals surface area contributed by atoms with Crippen molar-refractivity contribution < 1.29 is 13.9 Å². The number of furan rings is 1. The number of amides is 1. The predicted octanol–water partition coefficient (Wildman–Crippen LogP) is 0.897. The number of rotatable bonds is 4. The Hall–Kier alpha value is -1.49. The molecule has 5 heteroatoms. The van der Waals surface area contributed by atoms with E-state index in [1.165, 1.54) is 0 Å². The highest BCUT2D eigenvalue weighted by Gasteiger charge is 2.20. The molecule has 1 fully saturated rings. The van der Waals surface area contributed by atoms with Gasteiger partial charge in [0.1, 0.15) is 11.5 Å². The van der Waals surface area contributed by atoms with E-state index in [0.29, 0.717) is 19.1 Å². The van der Waals surface area contributed by atoms with Crippen LogP contribution in [0.1, 0.15) is 11.5 Å². The second-order valence-electron chi connectivity index (χ2n) is 3.95. The SMILES string of the molecule is CNCc1ccc(C[C@@H]2CNC(=O)OC2)o1. The third-order valence-corrected chi connectivity index (χ3v) is 2.54. The van der Waals surface area contributed by atoms with Crippen molar-refractivity contribution in [2.75, 3.05) is 20.2 Å².